The lowest BCUT2D eigenvalue weighted by Crippen LogP contribution is -2.07. The zero-order valence-electron chi connectivity index (χ0n) is 15.5. The van der Waals surface area contributed by atoms with E-state index >= 15 is 0 Å². The van der Waals surface area contributed by atoms with Gasteiger partial charge in [0.15, 0.2) is 0 Å². The lowest BCUT2D eigenvalue weighted by molar-refractivity contribution is 0.0523. The smallest absolute Gasteiger partial charge is 0.341 e. The lowest BCUT2D eigenvalue weighted by atomic mass is 10.0. The summed E-state index contributed by atoms with van der Waals surface area (Å²) in [6, 6.07) is 9.87. The Morgan fingerprint density at radius 3 is 2.96 bits per heavy atom. The van der Waals surface area contributed by atoms with E-state index in [1.807, 2.05) is 12.1 Å². The third kappa shape index (κ3) is 3.23. The number of ether oxygens (including phenoxy) is 3. The SMILES string of the molecule is CCOC(=O)c1ccc2n[nH]c(CCc3ccc4c(c3)CCO4)c2c1OC. The topological polar surface area (TPSA) is 73.4 Å². The number of methoxy groups -OCH3 is 1. The fourth-order valence-electron chi connectivity index (χ4n) is 3.57. The van der Waals surface area contributed by atoms with Crippen LogP contribution in [0.3, 0.4) is 0 Å². The molecule has 0 spiro atoms. The number of nitrogens with zero attached hydrogens (tertiary/aromatic N) is 1. The van der Waals surface area contributed by atoms with Gasteiger partial charge in [0.1, 0.15) is 17.1 Å². The van der Waals surface area contributed by atoms with Gasteiger partial charge in [-0.1, -0.05) is 12.1 Å². The standard InChI is InChI=1S/C21H22N2O4/c1-3-26-21(24)15-6-8-17-19(20(15)25-2)16(22-23-17)7-4-13-5-9-18-14(12-13)10-11-27-18/h5-6,8-9,12H,3-4,7,10-11H2,1-2H3,(H,22,23). The quantitative estimate of drug-likeness (QED) is 0.676. The van der Waals surface area contributed by atoms with E-state index in [1.165, 1.54) is 11.1 Å². The van der Waals surface area contributed by atoms with E-state index in [-0.39, 0.29) is 5.97 Å². The zero-order valence-corrected chi connectivity index (χ0v) is 15.5. The van der Waals surface area contributed by atoms with Gasteiger partial charge in [-0.3, -0.25) is 5.10 Å². The van der Waals surface area contributed by atoms with Crippen molar-refractivity contribution < 1.29 is 19.0 Å². The average Bonchev–Trinajstić information content (AvgIpc) is 3.32. The molecule has 0 radical (unpaired) electrons. The molecule has 0 fully saturated rings. The van der Waals surface area contributed by atoms with Crippen molar-refractivity contribution in [1.82, 2.24) is 10.2 Å². The maximum absolute atomic E-state index is 12.2. The molecule has 1 N–H and O–H groups in total. The molecule has 140 valence electrons. The lowest BCUT2D eigenvalue weighted by Gasteiger charge is -2.10. The molecular formula is C21H22N2O4. The number of H-pyrrole nitrogens is 1. The van der Waals surface area contributed by atoms with Gasteiger partial charge in [0, 0.05) is 12.1 Å². The van der Waals surface area contributed by atoms with Crippen LogP contribution in [-0.2, 0) is 24.0 Å². The molecule has 2 aromatic carbocycles. The third-order valence-corrected chi connectivity index (χ3v) is 4.87. The summed E-state index contributed by atoms with van der Waals surface area (Å²) in [6.45, 7) is 2.87. The van der Waals surface area contributed by atoms with E-state index in [4.69, 9.17) is 14.2 Å². The van der Waals surface area contributed by atoms with Gasteiger partial charge in [0.25, 0.3) is 0 Å². The molecule has 1 aliphatic heterocycles. The van der Waals surface area contributed by atoms with E-state index in [0.717, 1.165) is 48.2 Å². The first-order chi connectivity index (χ1) is 13.2. The number of benzene rings is 2. The monoisotopic (exact) mass is 366 g/mol. The van der Waals surface area contributed by atoms with Crippen LogP contribution in [0.5, 0.6) is 11.5 Å². The minimum atomic E-state index is -0.387. The number of rotatable bonds is 6. The molecule has 2 heterocycles. The Kier molecular flexibility index (Phi) is 4.71. The second kappa shape index (κ2) is 7.31. The number of hydrogen-bond acceptors (Lipinski definition) is 5. The molecule has 0 aliphatic carbocycles. The maximum atomic E-state index is 12.2. The van der Waals surface area contributed by atoms with Crippen LogP contribution >= 0.6 is 0 Å². The Labute approximate surface area is 157 Å². The first kappa shape index (κ1) is 17.4. The van der Waals surface area contributed by atoms with Crippen molar-refractivity contribution in [2.24, 2.45) is 0 Å². The van der Waals surface area contributed by atoms with Gasteiger partial charge in [0.2, 0.25) is 0 Å². The van der Waals surface area contributed by atoms with Crippen LogP contribution < -0.4 is 9.47 Å². The molecule has 3 aromatic rings. The van der Waals surface area contributed by atoms with Gasteiger partial charge >= 0.3 is 5.97 Å². The second-order valence-corrected chi connectivity index (χ2v) is 6.50. The van der Waals surface area contributed by atoms with Crippen molar-refractivity contribution in [2.45, 2.75) is 26.2 Å². The van der Waals surface area contributed by atoms with Crippen LogP contribution in [0.4, 0.5) is 0 Å². The summed E-state index contributed by atoms with van der Waals surface area (Å²) >= 11 is 0. The summed E-state index contributed by atoms with van der Waals surface area (Å²) in [6.07, 6.45) is 2.59. The molecule has 1 aromatic heterocycles. The van der Waals surface area contributed by atoms with Crippen LogP contribution in [0.1, 0.15) is 34.1 Å². The number of fused-ring (bicyclic) bond motifs is 2. The van der Waals surface area contributed by atoms with Crippen molar-refractivity contribution in [3.8, 4) is 11.5 Å². The molecule has 0 saturated carbocycles. The van der Waals surface area contributed by atoms with Crippen LogP contribution in [0.15, 0.2) is 30.3 Å². The summed E-state index contributed by atoms with van der Waals surface area (Å²) in [5.74, 6) is 1.12. The molecule has 0 unspecified atom stereocenters. The van der Waals surface area contributed by atoms with Crippen molar-refractivity contribution in [3.05, 3.63) is 52.7 Å². The van der Waals surface area contributed by atoms with E-state index in [9.17, 15) is 4.79 Å². The molecule has 6 heteroatoms. The first-order valence-electron chi connectivity index (χ1n) is 9.17. The number of carbonyl (C=O) groups is 1. The van der Waals surface area contributed by atoms with Gasteiger partial charge in [0.05, 0.1) is 31.2 Å². The van der Waals surface area contributed by atoms with Crippen molar-refractivity contribution in [2.75, 3.05) is 20.3 Å². The normalized spacial score (nSPS) is 12.7. The van der Waals surface area contributed by atoms with Gasteiger partial charge in [-0.15, -0.1) is 0 Å². The van der Waals surface area contributed by atoms with Crippen LogP contribution in [0.2, 0.25) is 0 Å². The number of aromatic amines is 1. The molecule has 27 heavy (non-hydrogen) atoms. The summed E-state index contributed by atoms with van der Waals surface area (Å²) < 4.78 is 16.3. The van der Waals surface area contributed by atoms with Gasteiger partial charge in [-0.05, 0) is 49.1 Å². The fraction of sp³-hybridized carbons (Fsp3) is 0.333. The summed E-state index contributed by atoms with van der Waals surface area (Å²) in [5.41, 5.74) is 4.66. The molecular weight excluding hydrogens is 344 g/mol. The summed E-state index contributed by atoms with van der Waals surface area (Å²) in [4.78, 5) is 12.2. The van der Waals surface area contributed by atoms with Crippen molar-refractivity contribution in [1.29, 1.82) is 0 Å². The van der Waals surface area contributed by atoms with E-state index in [0.29, 0.717) is 17.9 Å². The molecule has 1 aliphatic rings. The van der Waals surface area contributed by atoms with Crippen molar-refractivity contribution in [3.63, 3.8) is 0 Å². The van der Waals surface area contributed by atoms with Gasteiger partial charge < -0.3 is 14.2 Å². The summed E-state index contributed by atoms with van der Waals surface area (Å²) in [5, 5.41) is 8.31. The number of esters is 1. The van der Waals surface area contributed by atoms with Crippen LogP contribution in [0, 0.1) is 0 Å². The number of aryl methyl sites for hydroxylation is 2. The predicted octanol–water partition coefficient (Wildman–Crippen LogP) is 3.47. The average molecular weight is 366 g/mol. The van der Waals surface area contributed by atoms with Gasteiger partial charge in [-0.25, -0.2) is 4.79 Å². The Balaban J connectivity index is 1.63. The Morgan fingerprint density at radius 2 is 2.15 bits per heavy atom. The third-order valence-electron chi connectivity index (χ3n) is 4.87. The van der Waals surface area contributed by atoms with E-state index < -0.39 is 0 Å². The highest BCUT2D eigenvalue weighted by atomic mass is 16.5. The highest BCUT2D eigenvalue weighted by Gasteiger charge is 2.20. The fourth-order valence-corrected chi connectivity index (χ4v) is 3.57. The number of aromatic nitrogens is 2. The molecule has 0 atom stereocenters. The van der Waals surface area contributed by atoms with Gasteiger partial charge in [-0.2, -0.15) is 5.10 Å². The Hall–Kier alpha value is -3.02. The zero-order chi connectivity index (χ0) is 18.8. The minimum Gasteiger partial charge on any atom is -0.495 e. The van der Waals surface area contributed by atoms with E-state index in [2.05, 4.69) is 22.3 Å². The van der Waals surface area contributed by atoms with Crippen LogP contribution in [-0.4, -0.2) is 36.5 Å². The van der Waals surface area contributed by atoms with Crippen LogP contribution in [0.25, 0.3) is 10.9 Å². The maximum Gasteiger partial charge on any atom is 0.341 e. The minimum absolute atomic E-state index is 0.320. The Morgan fingerprint density at radius 1 is 1.26 bits per heavy atom. The molecule has 4 rings (SSSR count). The Bertz CT molecular complexity index is 993. The largest absolute Gasteiger partial charge is 0.495 e. The number of hydrogen-bond donors (Lipinski definition) is 1. The second-order valence-electron chi connectivity index (χ2n) is 6.50. The number of nitrogens with one attached hydrogen (secondary N) is 1. The highest BCUT2D eigenvalue weighted by molar-refractivity contribution is 6.01. The highest BCUT2D eigenvalue weighted by Crippen LogP contribution is 2.33. The summed E-state index contributed by atoms with van der Waals surface area (Å²) in [7, 11) is 1.56. The molecule has 6 nitrogen and oxygen atoms in total. The predicted molar refractivity (Wildman–Crippen MR) is 102 cm³/mol. The first-order valence-corrected chi connectivity index (χ1v) is 9.17. The molecule has 0 amide bonds. The molecule has 0 bridgehead atoms. The number of carbonyl (C=O) groups excluding carboxylic acids is 1. The van der Waals surface area contributed by atoms with E-state index in [1.54, 1.807) is 20.1 Å². The van der Waals surface area contributed by atoms with Crippen molar-refractivity contribution >= 4 is 16.9 Å². The molecule has 0 saturated heterocycles.